The molecule has 1 N–H and O–H groups in total. The number of piperidine rings is 1. The minimum atomic E-state index is -0.387. The van der Waals surface area contributed by atoms with Crippen molar-refractivity contribution < 1.29 is 9.53 Å². The predicted molar refractivity (Wildman–Crippen MR) is 129 cm³/mol. The van der Waals surface area contributed by atoms with Crippen LogP contribution in [0.4, 0.5) is 5.69 Å². The Morgan fingerprint density at radius 1 is 1.10 bits per heavy atom. The van der Waals surface area contributed by atoms with E-state index in [1.54, 1.807) is 7.11 Å². The van der Waals surface area contributed by atoms with E-state index in [4.69, 9.17) is 14.7 Å². The second kappa shape index (κ2) is 9.24. The van der Waals surface area contributed by atoms with Crippen molar-refractivity contribution in [2.75, 3.05) is 38.3 Å². The Balaban J connectivity index is 1.48. The van der Waals surface area contributed by atoms with Crippen LogP contribution in [0.2, 0.25) is 0 Å². The summed E-state index contributed by atoms with van der Waals surface area (Å²) in [5.41, 5.74) is 3.54. The molecule has 2 aromatic rings. The van der Waals surface area contributed by atoms with Crippen molar-refractivity contribution in [1.82, 2.24) is 4.90 Å². The van der Waals surface area contributed by atoms with Gasteiger partial charge in [0.1, 0.15) is 10.8 Å². The van der Waals surface area contributed by atoms with E-state index in [2.05, 4.69) is 48.5 Å². The number of anilines is 1. The fourth-order valence-corrected chi connectivity index (χ4v) is 4.60. The maximum Gasteiger partial charge on any atom is 0.234 e. The summed E-state index contributed by atoms with van der Waals surface area (Å²) >= 11 is 1.46. The van der Waals surface area contributed by atoms with Gasteiger partial charge in [0.25, 0.3) is 0 Å². The molecule has 1 saturated heterocycles. The minimum absolute atomic E-state index is 0.0644. The van der Waals surface area contributed by atoms with Gasteiger partial charge >= 0.3 is 0 Å². The summed E-state index contributed by atoms with van der Waals surface area (Å²) in [4.78, 5) is 25.0. The largest absolute Gasteiger partial charge is 0.497 e. The molecule has 6 nitrogen and oxygen atoms in total. The van der Waals surface area contributed by atoms with Crippen LogP contribution < -0.4 is 10.1 Å². The Labute approximate surface area is 187 Å². The molecule has 0 saturated carbocycles. The molecule has 2 aliphatic rings. The summed E-state index contributed by atoms with van der Waals surface area (Å²) in [6, 6.07) is 15.7. The number of carbonyl (C=O) groups is 1. The van der Waals surface area contributed by atoms with Crippen LogP contribution in [-0.2, 0) is 4.79 Å². The van der Waals surface area contributed by atoms with Gasteiger partial charge in [0.2, 0.25) is 5.91 Å². The smallest absolute Gasteiger partial charge is 0.234 e. The number of nitrogens with one attached hydrogen (secondary N) is 1. The Hall–Kier alpha value is -2.64. The number of amides is 1. The van der Waals surface area contributed by atoms with E-state index in [1.165, 1.54) is 17.3 Å². The van der Waals surface area contributed by atoms with Gasteiger partial charge in [-0.2, -0.15) is 0 Å². The van der Waals surface area contributed by atoms with Crippen LogP contribution in [0.25, 0.3) is 0 Å². The van der Waals surface area contributed by atoms with E-state index in [-0.39, 0.29) is 17.3 Å². The van der Waals surface area contributed by atoms with Crippen molar-refractivity contribution in [3.05, 3.63) is 59.7 Å². The van der Waals surface area contributed by atoms with Gasteiger partial charge in [-0.15, -0.1) is 0 Å². The Bertz CT molecular complexity index is 991. The zero-order valence-electron chi connectivity index (χ0n) is 18.2. The fourth-order valence-electron chi connectivity index (χ4n) is 3.73. The van der Waals surface area contributed by atoms with E-state index >= 15 is 0 Å². The standard InChI is InChI=1S/C24H28N4O2S/c1-17-4-6-18(7-5-17)22-23(27-24(26-22)12-14-28(2)15-13-24)31-16-21(29)25-19-8-10-20(30-3)11-9-19/h4-11H,12-16H2,1-3H3,(H,25,29). The SMILES string of the molecule is COc1ccc(NC(=O)CSC2=NC3(CCN(C)CC3)N=C2c2ccc(C)cc2)cc1. The van der Waals surface area contributed by atoms with Gasteiger partial charge in [0.15, 0.2) is 5.66 Å². The summed E-state index contributed by atoms with van der Waals surface area (Å²) in [6.07, 6.45) is 1.81. The molecule has 7 heteroatoms. The van der Waals surface area contributed by atoms with Crippen LogP contribution in [0.5, 0.6) is 5.75 Å². The maximum absolute atomic E-state index is 12.6. The van der Waals surface area contributed by atoms with Crippen molar-refractivity contribution in [3.8, 4) is 5.75 Å². The van der Waals surface area contributed by atoms with Crippen LogP contribution in [-0.4, -0.2) is 60.2 Å². The molecule has 0 radical (unpaired) electrons. The number of ether oxygens (including phenoxy) is 1. The molecule has 0 atom stereocenters. The van der Waals surface area contributed by atoms with Gasteiger partial charge in [-0.25, -0.2) is 4.99 Å². The Morgan fingerprint density at radius 3 is 2.42 bits per heavy atom. The van der Waals surface area contributed by atoms with Crippen molar-refractivity contribution >= 4 is 34.1 Å². The number of hydrogen-bond acceptors (Lipinski definition) is 6. The number of aryl methyl sites for hydroxylation is 1. The molecule has 0 aromatic heterocycles. The van der Waals surface area contributed by atoms with Crippen LogP contribution in [0.3, 0.4) is 0 Å². The number of carbonyl (C=O) groups excluding carboxylic acids is 1. The number of rotatable bonds is 5. The number of likely N-dealkylation sites (tertiary alicyclic amines) is 1. The predicted octanol–water partition coefficient (Wildman–Crippen LogP) is 4.00. The average molecular weight is 437 g/mol. The molecular formula is C24H28N4O2S. The molecule has 162 valence electrons. The second-order valence-electron chi connectivity index (χ2n) is 8.09. The lowest BCUT2D eigenvalue weighted by molar-refractivity contribution is -0.113. The molecule has 0 aliphatic carbocycles. The fraction of sp³-hybridized carbons (Fsp3) is 0.375. The zero-order chi connectivity index (χ0) is 21.8. The first-order valence-electron chi connectivity index (χ1n) is 10.5. The van der Waals surface area contributed by atoms with Crippen LogP contribution in [0.1, 0.15) is 24.0 Å². The Morgan fingerprint density at radius 2 is 1.77 bits per heavy atom. The highest BCUT2D eigenvalue weighted by Crippen LogP contribution is 2.35. The second-order valence-corrected chi connectivity index (χ2v) is 9.06. The lowest BCUT2D eigenvalue weighted by Gasteiger charge is -2.33. The molecule has 2 aliphatic heterocycles. The summed E-state index contributed by atoms with van der Waals surface area (Å²) in [5.74, 6) is 0.978. The van der Waals surface area contributed by atoms with E-state index in [9.17, 15) is 4.79 Å². The lowest BCUT2D eigenvalue weighted by atomic mass is 9.99. The van der Waals surface area contributed by atoms with Gasteiger partial charge < -0.3 is 15.0 Å². The van der Waals surface area contributed by atoms with E-state index in [1.807, 2.05) is 24.3 Å². The van der Waals surface area contributed by atoms with Gasteiger partial charge in [-0.05, 0) is 38.2 Å². The van der Waals surface area contributed by atoms with Crippen molar-refractivity contribution in [1.29, 1.82) is 0 Å². The van der Waals surface area contributed by atoms with Gasteiger partial charge in [-0.1, -0.05) is 41.6 Å². The maximum atomic E-state index is 12.6. The van der Waals surface area contributed by atoms with Crippen molar-refractivity contribution in [2.24, 2.45) is 9.98 Å². The first-order chi connectivity index (χ1) is 15.0. The van der Waals surface area contributed by atoms with Crippen molar-refractivity contribution in [3.63, 3.8) is 0 Å². The number of nitrogens with zero attached hydrogens (tertiary/aromatic N) is 3. The molecule has 4 rings (SSSR count). The molecule has 0 bridgehead atoms. The van der Waals surface area contributed by atoms with Crippen molar-refractivity contribution in [2.45, 2.75) is 25.4 Å². The number of aliphatic imine (C=N–C) groups is 2. The molecule has 2 heterocycles. The highest BCUT2D eigenvalue weighted by atomic mass is 32.2. The Kier molecular flexibility index (Phi) is 6.43. The van der Waals surface area contributed by atoms with E-state index < -0.39 is 0 Å². The van der Waals surface area contributed by atoms with E-state index in [0.29, 0.717) is 0 Å². The summed E-state index contributed by atoms with van der Waals surface area (Å²) in [6.45, 7) is 4.03. The van der Waals surface area contributed by atoms with Crippen LogP contribution >= 0.6 is 11.8 Å². The molecule has 31 heavy (non-hydrogen) atoms. The number of methoxy groups -OCH3 is 1. The van der Waals surface area contributed by atoms with Crippen LogP contribution in [0, 0.1) is 6.92 Å². The highest BCUT2D eigenvalue weighted by Gasteiger charge is 2.39. The molecule has 1 amide bonds. The normalized spacial score (nSPS) is 17.9. The van der Waals surface area contributed by atoms with Gasteiger partial charge in [0.05, 0.1) is 18.6 Å². The number of thioether (sulfide) groups is 1. The first-order valence-corrected chi connectivity index (χ1v) is 11.5. The third-order valence-corrected chi connectivity index (χ3v) is 6.62. The van der Waals surface area contributed by atoms with Gasteiger partial charge in [-0.3, -0.25) is 9.79 Å². The molecular weight excluding hydrogens is 408 g/mol. The third kappa shape index (κ3) is 5.17. The molecule has 1 spiro atoms. The molecule has 0 unspecified atom stereocenters. The summed E-state index contributed by atoms with van der Waals surface area (Å²) in [7, 11) is 3.76. The zero-order valence-corrected chi connectivity index (χ0v) is 19.0. The lowest BCUT2D eigenvalue weighted by Crippen LogP contribution is -2.39. The van der Waals surface area contributed by atoms with Gasteiger partial charge in [0, 0.05) is 37.2 Å². The summed E-state index contributed by atoms with van der Waals surface area (Å²) in [5, 5.41) is 3.80. The topological polar surface area (TPSA) is 66.3 Å². The first kappa shape index (κ1) is 21.6. The highest BCUT2D eigenvalue weighted by molar-refractivity contribution is 8.16. The molecule has 2 aromatic carbocycles. The molecule has 1 fully saturated rings. The van der Waals surface area contributed by atoms with Crippen LogP contribution in [0.15, 0.2) is 58.5 Å². The average Bonchev–Trinajstić information content (AvgIpc) is 3.14. The quantitative estimate of drug-likeness (QED) is 0.769. The van der Waals surface area contributed by atoms with E-state index in [0.717, 1.165) is 53.7 Å². The monoisotopic (exact) mass is 436 g/mol. The number of benzene rings is 2. The number of hydrogen-bond donors (Lipinski definition) is 1. The summed E-state index contributed by atoms with van der Waals surface area (Å²) < 4.78 is 5.16. The third-order valence-electron chi connectivity index (χ3n) is 5.66. The minimum Gasteiger partial charge on any atom is -0.497 e.